The summed E-state index contributed by atoms with van der Waals surface area (Å²) in [4.78, 5) is 4.85. The van der Waals surface area contributed by atoms with E-state index in [2.05, 4.69) is 63.6 Å². The van der Waals surface area contributed by atoms with Gasteiger partial charge in [0.05, 0.1) is 19.3 Å². The topological polar surface area (TPSA) is 37.9 Å². The van der Waals surface area contributed by atoms with Crippen molar-refractivity contribution in [1.29, 1.82) is 0 Å². The molecule has 0 saturated carbocycles. The van der Waals surface area contributed by atoms with Crippen molar-refractivity contribution in [3.63, 3.8) is 0 Å². The molecule has 7 heteroatoms. The Kier molecular flexibility index (Phi) is 4.92. The van der Waals surface area contributed by atoms with Crippen LogP contribution in [0.5, 0.6) is 5.75 Å². The van der Waals surface area contributed by atoms with Crippen LogP contribution in [0.4, 0.5) is 5.69 Å². The first kappa shape index (κ1) is 19.1. The number of ether oxygens (including phenoxy) is 1. The fourth-order valence-corrected chi connectivity index (χ4v) is 4.53. The van der Waals surface area contributed by atoms with E-state index in [1.54, 1.807) is 7.11 Å². The highest BCUT2D eigenvalue weighted by molar-refractivity contribution is 7.71. The van der Waals surface area contributed by atoms with Crippen LogP contribution in [0.3, 0.4) is 0 Å². The molecule has 0 N–H and O–H groups in total. The molecule has 4 aromatic rings. The molecule has 0 unspecified atom stereocenters. The van der Waals surface area contributed by atoms with E-state index in [9.17, 15) is 0 Å². The summed E-state index contributed by atoms with van der Waals surface area (Å²) in [6.07, 6.45) is 0. The van der Waals surface area contributed by atoms with Gasteiger partial charge in [0.2, 0.25) is 4.77 Å². The molecule has 0 bridgehead atoms. The molecule has 6 nitrogen and oxygen atoms in total. The number of anilines is 1. The van der Waals surface area contributed by atoms with Gasteiger partial charge in [-0.1, -0.05) is 18.2 Å². The summed E-state index contributed by atoms with van der Waals surface area (Å²) >= 11 is 5.83. The number of piperazine rings is 1. The van der Waals surface area contributed by atoms with Crippen LogP contribution in [0.15, 0.2) is 54.6 Å². The van der Waals surface area contributed by atoms with E-state index in [0.29, 0.717) is 11.4 Å². The van der Waals surface area contributed by atoms with Crippen LogP contribution in [0.2, 0.25) is 0 Å². The molecule has 2 aromatic heterocycles. The van der Waals surface area contributed by atoms with Crippen LogP contribution in [0.25, 0.3) is 16.6 Å². The zero-order chi connectivity index (χ0) is 20.7. The van der Waals surface area contributed by atoms with E-state index in [1.165, 1.54) is 11.3 Å². The number of para-hydroxylation sites is 1. The molecule has 0 amide bonds. The highest BCUT2D eigenvalue weighted by Gasteiger charge is 2.19. The largest absolute Gasteiger partial charge is 0.497 e. The van der Waals surface area contributed by atoms with Crippen molar-refractivity contribution >= 4 is 34.5 Å². The average molecular weight is 420 g/mol. The highest BCUT2D eigenvalue weighted by Crippen LogP contribution is 2.26. The quantitative estimate of drug-likeness (QED) is 0.465. The van der Waals surface area contributed by atoms with Crippen molar-refractivity contribution in [2.24, 2.45) is 0 Å². The van der Waals surface area contributed by atoms with Crippen molar-refractivity contribution in [3.05, 3.63) is 64.9 Å². The summed E-state index contributed by atoms with van der Waals surface area (Å²) in [5, 5.41) is 5.99. The summed E-state index contributed by atoms with van der Waals surface area (Å²) in [6.45, 7) is 6.79. The number of hydrogen-bond donors (Lipinski definition) is 0. The molecule has 1 aliphatic rings. The Balaban J connectivity index is 1.42. The second kappa shape index (κ2) is 7.74. The van der Waals surface area contributed by atoms with E-state index < -0.39 is 0 Å². The molecular weight excluding hydrogens is 394 g/mol. The Morgan fingerprint density at radius 3 is 2.50 bits per heavy atom. The monoisotopic (exact) mass is 419 g/mol. The van der Waals surface area contributed by atoms with Crippen LogP contribution >= 0.6 is 12.2 Å². The lowest BCUT2D eigenvalue weighted by Crippen LogP contribution is -2.46. The number of aromatic nitrogens is 3. The molecular formula is C23H25N5OS. The van der Waals surface area contributed by atoms with Crippen molar-refractivity contribution < 1.29 is 4.74 Å². The number of nitrogens with zero attached hydrogens (tertiary/aromatic N) is 5. The number of pyridine rings is 1. The molecule has 0 spiro atoms. The normalized spacial score (nSPS) is 15.2. The van der Waals surface area contributed by atoms with Gasteiger partial charge in [0.25, 0.3) is 0 Å². The van der Waals surface area contributed by atoms with E-state index in [4.69, 9.17) is 22.1 Å². The maximum atomic E-state index is 5.83. The van der Waals surface area contributed by atoms with Crippen LogP contribution in [-0.2, 0) is 6.67 Å². The summed E-state index contributed by atoms with van der Waals surface area (Å²) in [6, 6.07) is 18.8. The molecule has 0 radical (unpaired) electrons. The van der Waals surface area contributed by atoms with E-state index in [1.807, 2.05) is 16.8 Å². The third-order valence-electron chi connectivity index (χ3n) is 5.91. The van der Waals surface area contributed by atoms with Crippen LogP contribution in [-0.4, -0.2) is 52.4 Å². The number of fused-ring (bicyclic) bond motifs is 3. The highest BCUT2D eigenvalue weighted by atomic mass is 32.1. The van der Waals surface area contributed by atoms with Crippen LogP contribution in [0, 0.1) is 11.7 Å². The van der Waals surface area contributed by atoms with Gasteiger partial charge in [-0.3, -0.25) is 9.30 Å². The number of benzene rings is 2. The second-order valence-electron chi connectivity index (χ2n) is 7.77. The van der Waals surface area contributed by atoms with Crippen LogP contribution < -0.4 is 9.64 Å². The Morgan fingerprint density at radius 2 is 1.77 bits per heavy atom. The SMILES string of the molecule is COc1ccc2c(C)cc3nn(CN4CCN(c5ccccc5)CC4)c(=S)n3c2c1. The second-order valence-corrected chi connectivity index (χ2v) is 8.13. The van der Waals surface area contributed by atoms with Gasteiger partial charge in [0.15, 0.2) is 5.65 Å². The van der Waals surface area contributed by atoms with Gasteiger partial charge in [-0.05, 0) is 55.0 Å². The maximum absolute atomic E-state index is 5.83. The number of aryl methyl sites for hydroxylation is 1. The summed E-state index contributed by atoms with van der Waals surface area (Å²) in [5.74, 6) is 0.820. The first-order valence-electron chi connectivity index (χ1n) is 10.2. The van der Waals surface area contributed by atoms with Crippen molar-refractivity contribution in [1.82, 2.24) is 19.1 Å². The molecule has 0 atom stereocenters. The lowest BCUT2D eigenvalue weighted by molar-refractivity contribution is 0.195. The first-order valence-corrected chi connectivity index (χ1v) is 10.6. The van der Waals surface area contributed by atoms with Gasteiger partial charge in [-0.15, -0.1) is 0 Å². The smallest absolute Gasteiger partial charge is 0.204 e. The van der Waals surface area contributed by atoms with Gasteiger partial charge in [-0.2, -0.15) is 5.10 Å². The summed E-state index contributed by atoms with van der Waals surface area (Å²) < 4.78 is 10.2. The fourth-order valence-electron chi connectivity index (χ4n) is 4.24. The molecule has 0 aliphatic carbocycles. The third kappa shape index (κ3) is 3.34. The Morgan fingerprint density at radius 1 is 1.00 bits per heavy atom. The molecule has 2 aromatic carbocycles. The minimum Gasteiger partial charge on any atom is -0.497 e. The zero-order valence-corrected chi connectivity index (χ0v) is 18.1. The molecule has 30 heavy (non-hydrogen) atoms. The molecule has 3 heterocycles. The lowest BCUT2D eigenvalue weighted by Gasteiger charge is -2.35. The fraction of sp³-hybridized carbons (Fsp3) is 0.304. The third-order valence-corrected chi connectivity index (χ3v) is 6.30. The van der Waals surface area contributed by atoms with Crippen LogP contribution in [0.1, 0.15) is 5.56 Å². The van der Waals surface area contributed by atoms with E-state index in [0.717, 1.165) is 48.5 Å². The Bertz CT molecular complexity index is 1260. The molecule has 1 fully saturated rings. The number of methoxy groups -OCH3 is 1. The van der Waals surface area contributed by atoms with E-state index in [-0.39, 0.29) is 0 Å². The molecule has 1 aliphatic heterocycles. The standard InChI is InChI=1S/C23H25N5OS/c1-17-14-22-24-27(23(30)28(22)21-15-19(29-2)8-9-20(17)21)16-25-10-12-26(13-11-25)18-6-4-3-5-7-18/h3-9,14-15H,10-13,16H2,1-2H3. The van der Waals surface area contributed by atoms with E-state index >= 15 is 0 Å². The number of rotatable bonds is 4. The van der Waals surface area contributed by atoms with Crippen molar-refractivity contribution in [3.8, 4) is 5.75 Å². The maximum Gasteiger partial charge on any atom is 0.204 e. The minimum atomic E-state index is 0.702. The van der Waals surface area contributed by atoms with Crippen molar-refractivity contribution in [2.75, 3.05) is 38.2 Å². The minimum absolute atomic E-state index is 0.702. The first-order chi connectivity index (χ1) is 14.6. The predicted molar refractivity (Wildman–Crippen MR) is 123 cm³/mol. The van der Waals surface area contributed by atoms with Gasteiger partial charge >= 0.3 is 0 Å². The number of hydrogen-bond acceptors (Lipinski definition) is 5. The zero-order valence-electron chi connectivity index (χ0n) is 17.3. The average Bonchev–Trinajstić information content (AvgIpc) is 3.09. The Hall–Kier alpha value is -2.90. The lowest BCUT2D eigenvalue weighted by atomic mass is 10.1. The molecule has 5 rings (SSSR count). The predicted octanol–water partition coefficient (Wildman–Crippen LogP) is 4.12. The van der Waals surface area contributed by atoms with Gasteiger partial charge < -0.3 is 9.64 Å². The van der Waals surface area contributed by atoms with Gasteiger partial charge in [0, 0.05) is 43.3 Å². The van der Waals surface area contributed by atoms with Gasteiger partial charge in [-0.25, -0.2) is 4.68 Å². The molecule has 154 valence electrons. The summed E-state index contributed by atoms with van der Waals surface area (Å²) in [7, 11) is 1.69. The van der Waals surface area contributed by atoms with Crippen molar-refractivity contribution in [2.45, 2.75) is 13.6 Å². The van der Waals surface area contributed by atoms with Gasteiger partial charge in [0.1, 0.15) is 5.75 Å². The Labute approximate surface area is 180 Å². The summed E-state index contributed by atoms with van der Waals surface area (Å²) in [5.41, 5.74) is 4.39. The molecule has 1 saturated heterocycles.